The van der Waals surface area contributed by atoms with E-state index < -0.39 is 0 Å². The Labute approximate surface area is 121 Å². The molecule has 0 bridgehead atoms. The first-order chi connectivity index (χ1) is 10.3. The lowest BCUT2D eigenvalue weighted by Crippen LogP contribution is -2.14. The van der Waals surface area contributed by atoms with Crippen LogP contribution in [0, 0.1) is 0 Å². The molecule has 6 heteroatoms. The summed E-state index contributed by atoms with van der Waals surface area (Å²) in [6.07, 6.45) is 3.26. The van der Waals surface area contributed by atoms with Gasteiger partial charge in [0.2, 0.25) is 0 Å². The molecule has 104 valence electrons. The fourth-order valence-corrected chi connectivity index (χ4v) is 2.01. The van der Waals surface area contributed by atoms with Gasteiger partial charge in [-0.25, -0.2) is 10.8 Å². The Balaban J connectivity index is 1.85. The van der Waals surface area contributed by atoms with Crippen molar-refractivity contribution in [1.29, 1.82) is 0 Å². The van der Waals surface area contributed by atoms with Crippen LogP contribution in [0.1, 0.15) is 10.4 Å². The molecular formula is C15H13N5O. The maximum atomic E-state index is 12.2. The van der Waals surface area contributed by atoms with Crippen LogP contribution in [-0.2, 0) is 0 Å². The van der Waals surface area contributed by atoms with E-state index in [0.717, 1.165) is 10.9 Å². The van der Waals surface area contributed by atoms with Gasteiger partial charge in [0.25, 0.3) is 5.91 Å². The number of nitrogens with two attached hydrogens (primary N) is 1. The van der Waals surface area contributed by atoms with Gasteiger partial charge in [0, 0.05) is 29.0 Å². The maximum Gasteiger partial charge on any atom is 0.255 e. The van der Waals surface area contributed by atoms with E-state index in [4.69, 9.17) is 5.84 Å². The Kier molecular flexibility index (Phi) is 3.44. The van der Waals surface area contributed by atoms with Crippen molar-refractivity contribution < 1.29 is 4.79 Å². The lowest BCUT2D eigenvalue weighted by atomic mass is 10.2. The fourth-order valence-electron chi connectivity index (χ4n) is 2.01. The lowest BCUT2D eigenvalue weighted by molar-refractivity contribution is 0.102. The Hall–Kier alpha value is -2.99. The summed E-state index contributed by atoms with van der Waals surface area (Å²) >= 11 is 0. The second-order valence-electron chi connectivity index (χ2n) is 4.44. The number of rotatable bonds is 3. The Morgan fingerprint density at radius 1 is 1.05 bits per heavy atom. The molecule has 1 amide bonds. The monoisotopic (exact) mass is 279 g/mol. The Bertz CT molecular complexity index is 803. The van der Waals surface area contributed by atoms with Gasteiger partial charge in [-0.1, -0.05) is 6.07 Å². The van der Waals surface area contributed by atoms with E-state index in [9.17, 15) is 4.79 Å². The van der Waals surface area contributed by atoms with Gasteiger partial charge in [0.15, 0.2) is 0 Å². The van der Waals surface area contributed by atoms with Crippen LogP contribution < -0.4 is 16.6 Å². The third-order valence-corrected chi connectivity index (χ3v) is 3.03. The number of nitrogens with one attached hydrogen (secondary N) is 2. The van der Waals surface area contributed by atoms with Gasteiger partial charge in [-0.15, -0.1) is 0 Å². The van der Waals surface area contributed by atoms with Crippen molar-refractivity contribution in [3.63, 3.8) is 0 Å². The van der Waals surface area contributed by atoms with Crippen molar-refractivity contribution in [2.45, 2.75) is 0 Å². The number of hydrogen-bond donors (Lipinski definition) is 3. The van der Waals surface area contributed by atoms with Crippen molar-refractivity contribution in [2.75, 3.05) is 10.7 Å². The van der Waals surface area contributed by atoms with Gasteiger partial charge >= 0.3 is 0 Å². The number of anilines is 2. The van der Waals surface area contributed by atoms with Gasteiger partial charge in [-0.05, 0) is 36.4 Å². The summed E-state index contributed by atoms with van der Waals surface area (Å²) in [6, 6.07) is 12.6. The van der Waals surface area contributed by atoms with Crippen LogP contribution in [0.3, 0.4) is 0 Å². The number of benzene rings is 1. The third-order valence-electron chi connectivity index (χ3n) is 3.03. The third kappa shape index (κ3) is 2.80. The molecule has 6 nitrogen and oxygen atoms in total. The molecule has 21 heavy (non-hydrogen) atoms. The second-order valence-corrected chi connectivity index (χ2v) is 4.44. The largest absolute Gasteiger partial charge is 0.322 e. The molecule has 0 aliphatic heterocycles. The van der Waals surface area contributed by atoms with Gasteiger partial charge in [-0.3, -0.25) is 9.78 Å². The molecule has 0 saturated carbocycles. The molecule has 3 aromatic rings. The number of hydrazine groups is 1. The van der Waals surface area contributed by atoms with Gasteiger partial charge in [0.05, 0.1) is 5.52 Å². The number of amides is 1. The zero-order valence-corrected chi connectivity index (χ0v) is 11.1. The number of fused-ring (bicyclic) bond motifs is 1. The van der Waals surface area contributed by atoms with Gasteiger partial charge in [0.1, 0.15) is 5.82 Å². The number of aromatic nitrogens is 2. The molecule has 1 aromatic carbocycles. The molecule has 2 heterocycles. The fraction of sp³-hybridized carbons (Fsp3) is 0. The predicted molar refractivity (Wildman–Crippen MR) is 81.7 cm³/mol. The summed E-state index contributed by atoms with van der Waals surface area (Å²) in [4.78, 5) is 20.4. The molecule has 0 saturated heterocycles. The highest BCUT2D eigenvalue weighted by atomic mass is 16.1. The molecule has 0 fully saturated rings. The number of hydrogen-bond acceptors (Lipinski definition) is 5. The maximum absolute atomic E-state index is 12.2. The summed E-state index contributed by atoms with van der Waals surface area (Å²) in [5, 5.41) is 3.81. The molecule has 0 aliphatic carbocycles. The SMILES string of the molecule is NNc1cc(C(=O)Nc2ccc3ncccc3c2)ccn1. The Morgan fingerprint density at radius 2 is 1.95 bits per heavy atom. The molecular weight excluding hydrogens is 266 g/mol. The minimum absolute atomic E-state index is 0.225. The van der Waals surface area contributed by atoms with Crippen LogP contribution in [0.15, 0.2) is 54.9 Å². The van der Waals surface area contributed by atoms with E-state index in [0.29, 0.717) is 17.1 Å². The quantitative estimate of drug-likeness (QED) is 0.504. The van der Waals surface area contributed by atoms with Gasteiger partial charge < -0.3 is 10.7 Å². The molecule has 3 rings (SSSR count). The van der Waals surface area contributed by atoms with Crippen molar-refractivity contribution in [3.8, 4) is 0 Å². The average molecular weight is 279 g/mol. The molecule has 0 aliphatic rings. The van der Waals surface area contributed by atoms with Crippen molar-refractivity contribution >= 4 is 28.3 Å². The molecule has 4 N–H and O–H groups in total. The van der Waals surface area contributed by atoms with Crippen LogP contribution in [-0.4, -0.2) is 15.9 Å². The van der Waals surface area contributed by atoms with Gasteiger partial charge in [-0.2, -0.15) is 0 Å². The Morgan fingerprint density at radius 3 is 2.81 bits per heavy atom. The zero-order chi connectivity index (χ0) is 14.7. The van der Waals surface area contributed by atoms with E-state index in [-0.39, 0.29) is 5.91 Å². The molecule has 0 spiro atoms. The summed E-state index contributed by atoms with van der Waals surface area (Å²) in [6.45, 7) is 0. The lowest BCUT2D eigenvalue weighted by Gasteiger charge is -2.07. The summed E-state index contributed by atoms with van der Waals surface area (Å²) < 4.78 is 0. The molecule has 0 unspecified atom stereocenters. The van der Waals surface area contributed by atoms with E-state index in [1.807, 2.05) is 30.3 Å². The van der Waals surface area contributed by atoms with Crippen molar-refractivity contribution in [3.05, 3.63) is 60.4 Å². The van der Waals surface area contributed by atoms with Crippen LogP contribution in [0.25, 0.3) is 10.9 Å². The number of pyridine rings is 2. The standard InChI is InChI=1S/C15H13N5O/c16-20-14-9-11(5-7-18-14)15(21)19-12-3-4-13-10(8-12)2-1-6-17-13/h1-9H,16H2,(H,18,20)(H,19,21). The van der Waals surface area contributed by atoms with E-state index in [1.54, 1.807) is 18.3 Å². The molecule has 2 aromatic heterocycles. The normalized spacial score (nSPS) is 10.3. The highest BCUT2D eigenvalue weighted by molar-refractivity contribution is 6.05. The first-order valence-electron chi connectivity index (χ1n) is 6.35. The second kappa shape index (κ2) is 5.56. The summed E-state index contributed by atoms with van der Waals surface area (Å²) in [5.74, 6) is 5.49. The van der Waals surface area contributed by atoms with E-state index in [2.05, 4.69) is 20.7 Å². The van der Waals surface area contributed by atoms with Crippen LogP contribution in [0.4, 0.5) is 11.5 Å². The zero-order valence-electron chi connectivity index (χ0n) is 11.1. The highest BCUT2D eigenvalue weighted by Crippen LogP contribution is 2.18. The summed E-state index contributed by atoms with van der Waals surface area (Å²) in [7, 11) is 0. The number of carbonyl (C=O) groups excluding carboxylic acids is 1. The first-order valence-corrected chi connectivity index (χ1v) is 6.35. The van der Waals surface area contributed by atoms with E-state index in [1.165, 1.54) is 6.20 Å². The van der Waals surface area contributed by atoms with E-state index >= 15 is 0 Å². The van der Waals surface area contributed by atoms with Crippen molar-refractivity contribution in [2.24, 2.45) is 5.84 Å². The van der Waals surface area contributed by atoms with Crippen LogP contribution >= 0.6 is 0 Å². The minimum Gasteiger partial charge on any atom is -0.322 e. The predicted octanol–water partition coefficient (Wildman–Crippen LogP) is 2.17. The minimum atomic E-state index is -0.225. The molecule has 0 atom stereocenters. The smallest absolute Gasteiger partial charge is 0.255 e. The first kappa shape index (κ1) is 13.0. The summed E-state index contributed by atoms with van der Waals surface area (Å²) in [5.41, 5.74) is 4.48. The molecule has 0 radical (unpaired) electrons. The number of carbonyl (C=O) groups is 1. The average Bonchev–Trinajstić information content (AvgIpc) is 2.54. The van der Waals surface area contributed by atoms with Crippen LogP contribution in [0.5, 0.6) is 0 Å². The number of nitrogen functional groups attached to an aromatic ring is 1. The highest BCUT2D eigenvalue weighted by Gasteiger charge is 2.07. The van der Waals surface area contributed by atoms with Crippen LogP contribution in [0.2, 0.25) is 0 Å². The number of nitrogens with zero attached hydrogens (tertiary/aromatic N) is 2. The topological polar surface area (TPSA) is 92.9 Å². The van der Waals surface area contributed by atoms with Crippen molar-refractivity contribution in [1.82, 2.24) is 9.97 Å².